The fourth-order valence-corrected chi connectivity index (χ4v) is 3.18. The van der Waals surface area contributed by atoms with Gasteiger partial charge in [0.05, 0.1) is 20.1 Å². The number of nitrogens with zero attached hydrogens (tertiary/aromatic N) is 3. The Kier molecular flexibility index (Phi) is 3.43. The van der Waals surface area contributed by atoms with Gasteiger partial charge >= 0.3 is 0 Å². The topological polar surface area (TPSA) is 73.5 Å². The standard InChI is InChI=1S/C13H16N4O2S/c1-18-9-4-3-8-10(11(9)19-2)15-13(16-12(8)14)17-5-6-20-7-17/h3-4H,5-7H2,1-2H3,(H2,14,15,16). The van der Waals surface area contributed by atoms with Crippen molar-refractivity contribution in [3.8, 4) is 11.5 Å². The second kappa shape index (κ2) is 5.24. The minimum absolute atomic E-state index is 0.461. The molecule has 0 radical (unpaired) electrons. The second-order valence-electron chi connectivity index (χ2n) is 4.41. The monoisotopic (exact) mass is 292 g/mol. The number of nitrogens with two attached hydrogens (primary N) is 1. The van der Waals surface area contributed by atoms with E-state index in [1.54, 1.807) is 14.2 Å². The number of hydrogen-bond donors (Lipinski definition) is 1. The van der Waals surface area contributed by atoms with Crippen LogP contribution in [0.3, 0.4) is 0 Å². The molecule has 0 bridgehead atoms. The summed E-state index contributed by atoms with van der Waals surface area (Å²) >= 11 is 1.86. The molecule has 1 saturated heterocycles. The van der Waals surface area contributed by atoms with Crippen LogP contribution in [0.15, 0.2) is 12.1 Å². The van der Waals surface area contributed by atoms with E-state index in [1.807, 2.05) is 23.9 Å². The van der Waals surface area contributed by atoms with E-state index in [0.717, 1.165) is 23.6 Å². The number of hydrogen-bond acceptors (Lipinski definition) is 7. The summed E-state index contributed by atoms with van der Waals surface area (Å²) in [5, 5.41) is 0.776. The van der Waals surface area contributed by atoms with Crippen molar-refractivity contribution < 1.29 is 9.47 Å². The highest BCUT2D eigenvalue weighted by Gasteiger charge is 2.19. The van der Waals surface area contributed by atoms with Crippen LogP contribution >= 0.6 is 11.8 Å². The molecular weight excluding hydrogens is 276 g/mol. The summed E-state index contributed by atoms with van der Waals surface area (Å²) in [5.41, 5.74) is 6.75. The Morgan fingerprint density at radius 3 is 2.75 bits per heavy atom. The summed E-state index contributed by atoms with van der Waals surface area (Å²) < 4.78 is 10.7. The lowest BCUT2D eigenvalue weighted by Gasteiger charge is -2.17. The Hall–Kier alpha value is -1.89. The van der Waals surface area contributed by atoms with Gasteiger partial charge in [-0.1, -0.05) is 0 Å². The highest BCUT2D eigenvalue weighted by atomic mass is 32.2. The number of fused-ring (bicyclic) bond motifs is 1. The van der Waals surface area contributed by atoms with Crippen LogP contribution in [0, 0.1) is 0 Å². The Morgan fingerprint density at radius 2 is 2.10 bits per heavy atom. The van der Waals surface area contributed by atoms with E-state index in [9.17, 15) is 0 Å². The molecule has 0 amide bonds. The zero-order valence-electron chi connectivity index (χ0n) is 11.4. The molecule has 2 aromatic rings. The summed E-state index contributed by atoms with van der Waals surface area (Å²) in [5.74, 6) is 4.30. The summed E-state index contributed by atoms with van der Waals surface area (Å²) in [4.78, 5) is 11.1. The highest BCUT2D eigenvalue weighted by molar-refractivity contribution is 7.99. The second-order valence-corrected chi connectivity index (χ2v) is 5.48. The third-order valence-corrected chi connectivity index (χ3v) is 4.23. The summed E-state index contributed by atoms with van der Waals surface area (Å²) in [7, 11) is 3.20. The van der Waals surface area contributed by atoms with Crippen molar-refractivity contribution >= 4 is 34.4 Å². The van der Waals surface area contributed by atoms with Crippen molar-refractivity contribution in [2.75, 3.05) is 43.0 Å². The minimum Gasteiger partial charge on any atom is -0.493 e. The maximum Gasteiger partial charge on any atom is 0.228 e. The van der Waals surface area contributed by atoms with E-state index in [-0.39, 0.29) is 0 Å². The van der Waals surface area contributed by atoms with Gasteiger partial charge in [-0.05, 0) is 12.1 Å². The van der Waals surface area contributed by atoms with Gasteiger partial charge in [0.2, 0.25) is 5.95 Å². The average Bonchev–Trinajstić information content (AvgIpc) is 3.00. The summed E-state index contributed by atoms with van der Waals surface area (Å²) in [6, 6.07) is 3.67. The molecule has 0 aliphatic carbocycles. The summed E-state index contributed by atoms with van der Waals surface area (Å²) in [6.07, 6.45) is 0. The predicted octanol–water partition coefficient (Wildman–Crippen LogP) is 1.74. The fraction of sp³-hybridized carbons (Fsp3) is 0.385. The van der Waals surface area contributed by atoms with Crippen molar-refractivity contribution in [3.63, 3.8) is 0 Å². The van der Waals surface area contributed by atoms with Crippen molar-refractivity contribution in [3.05, 3.63) is 12.1 Å². The predicted molar refractivity (Wildman–Crippen MR) is 81.7 cm³/mol. The van der Waals surface area contributed by atoms with Crippen LogP contribution in [-0.2, 0) is 0 Å². The Morgan fingerprint density at radius 1 is 1.25 bits per heavy atom. The average molecular weight is 292 g/mol. The Labute approximate surface area is 121 Å². The first-order valence-corrected chi connectivity index (χ1v) is 7.41. The van der Waals surface area contributed by atoms with Gasteiger partial charge in [0.1, 0.15) is 11.3 Å². The van der Waals surface area contributed by atoms with Gasteiger partial charge in [0, 0.05) is 17.7 Å². The number of thioether (sulfide) groups is 1. The number of aromatic nitrogens is 2. The van der Waals surface area contributed by atoms with Gasteiger partial charge < -0.3 is 20.1 Å². The first-order valence-electron chi connectivity index (χ1n) is 6.25. The number of methoxy groups -OCH3 is 2. The molecule has 1 aliphatic heterocycles. The van der Waals surface area contributed by atoms with Crippen LogP contribution in [0.4, 0.5) is 11.8 Å². The first kappa shape index (κ1) is 13.1. The zero-order chi connectivity index (χ0) is 14.1. The van der Waals surface area contributed by atoms with E-state index in [1.165, 1.54) is 0 Å². The largest absolute Gasteiger partial charge is 0.493 e. The smallest absolute Gasteiger partial charge is 0.228 e. The molecular formula is C13H16N4O2S. The molecule has 6 nitrogen and oxygen atoms in total. The number of nitrogen functional groups attached to an aromatic ring is 1. The van der Waals surface area contributed by atoms with Gasteiger partial charge in [-0.25, -0.2) is 4.98 Å². The fourth-order valence-electron chi connectivity index (χ4n) is 2.23. The molecule has 0 unspecified atom stereocenters. The summed E-state index contributed by atoms with van der Waals surface area (Å²) in [6.45, 7) is 0.932. The normalized spacial score (nSPS) is 14.8. The van der Waals surface area contributed by atoms with Crippen LogP contribution in [0.1, 0.15) is 0 Å². The van der Waals surface area contributed by atoms with Crippen molar-refractivity contribution in [1.82, 2.24) is 9.97 Å². The van der Waals surface area contributed by atoms with E-state index < -0.39 is 0 Å². The molecule has 0 atom stereocenters. The number of ether oxygens (including phenoxy) is 2. The molecule has 1 fully saturated rings. The Balaban J connectivity index is 2.21. The third kappa shape index (κ3) is 2.07. The first-order chi connectivity index (χ1) is 9.74. The van der Waals surface area contributed by atoms with Crippen molar-refractivity contribution in [2.24, 2.45) is 0 Å². The molecule has 3 rings (SSSR count). The van der Waals surface area contributed by atoms with Crippen LogP contribution in [-0.4, -0.2) is 42.4 Å². The van der Waals surface area contributed by atoms with Crippen LogP contribution in [0.2, 0.25) is 0 Å². The van der Waals surface area contributed by atoms with E-state index in [4.69, 9.17) is 15.2 Å². The molecule has 7 heteroatoms. The molecule has 2 heterocycles. The lowest BCUT2D eigenvalue weighted by atomic mass is 10.2. The lowest BCUT2D eigenvalue weighted by molar-refractivity contribution is 0.358. The van der Waals surface area contributed by atoms with E-state index in [0.29, 0.717) is 28.8 Å². The van der Waals surface area contributed by atoms with Crippen molar-refractivity contribution in [2.45, 2.75) is 0 Å². The van der Waals surface area contributed by atoms with Gasteiger partial charge in [0.25, 0.3) is 0 Å². The lowest BCUT2D eigenvalue weighted by Crippen LogP contribution is -2.21. The molecule has 0 saturated carbocycles. The van der Waals surface area contributed by atoms with Crippen LogP contribution in [0.25, 0.3) is 10.9 Å². The number of rotatable bonds is 3. The Bertz CT molecular complexity index is 644. The number of benzene rings is 1. The molecule has 106 valence electrons. The molecule has 1 aromatic carbocycles. The highest BCUT2D eigenvalue weighted by Crippen LogP contribution is 2.37. The quantitative estimate of drug-likeness (QED) is 0.923. The van der Waals surface area contributed by atoms with E-state index >= 15 is 0 Å². The maximum absolute atomic E-state index is 6.06. The maximum atomic E-state index is 6.06. The van der Waals surface area contributed by atoms with Crippen LogP contribution < -0.4 is 20.1 Å². The number of anilines is 2. The van der Waals surface area contributed by atoms with Crippen molar-refractivity contribution in [1.29, 1.82) is 0 Å². The molecule has 1 aliphatic rings. The van der Waals surface area contributed by atoms with Gasteiger partial charge in [0.15, 0.2) is 11.5 Å². The minimum atomic E-state index is 0.461. The van der Waals surface area contributed by atoms with Crippen LogP contribution in [0.5, 0.6) is 11.5 Å². The molecule has 20 heavy (non-hydrogen) atoms. The third-order valence-electron chi connectivity index (χ3n) is 3.26. The molecule has 0 spiro atoms. The zero-order valence-corrected chi connectivity index (χ0v) is 12.2. The molecule has 2 N–H and O–H groups in total. The molecule has 1 aromatic heterocycles. The van der Waals surface area contributed by atoms with Gasteiger partial charge in [-0.2, -0.15) is 4.98 Å². The van der Waals surface area contributed by atoms with E-state index in [2.05, 4.69) is 14.9 Å². The van der Waals surface area contributed by atoms with Gasteiger partial charge in [-0.15, -0.1) is 11.8 Å². The van der Waals surface area contributed by atoms with Gasteiger partial charge in [-0.3, -0.25) is 0 Å². The SMILES string of the molecule is COc1ccc2c(N)nc(N3CCSC3)nc2c1OC.